The van der Waals surface area contributed by atoms with Crippen LogP contribution in [0.4, 0.5) is 11.8 Å². The molecule has 5 rings (SSSR count). The minimum absolute atomic E-state index is 0.0584. The number of rotatable bonds is 6. The van der Waals surface area contributed by atoms with Crippen LogP contribution in [0.1, 0.15) is 15.4 Å². The highest BCUT2D eigenvalue weighted by Crippen LogP contribution is 2.32. The average molecular weight is 519 g/mol. The Labute approximate surface area is 217 Å². The molecule has 1 fully saturated rings. The Bertz CT molecular complexity index is 1420. The lowest BCUT2D eigenvalue weighted by Crippen LogP contribution is -2.49. The molecule has 0 unspecified atom stereocenters. The first-order valence-corrected chi connectivity index (χ1v) is 12.7. The van der Waals surface area contributed by atoms with E-state index in [-0.39, 0.29) is 11.9 Å². The van der Waals surface area contributed by atoms with Crippen molar-refractivity contribution in [2.45, 2.75) is 13.0 Å². The molecule has 11 heteroatoms. The van der Waals surface area contributed by atoms with E-state index < -0.39 is 18.6 Å². The fraction of sp³-hybridized carbons (Fsp3) is 0.269. The van der Waals surface area contributed by atoms with Gasteiger partial charge in [-0.05, 0) is 24.6 Å². The second-order valence-corrected chi connectivity index (χ2v) is 9.95. The molecule has 190 valence electrons. The van der Waals surface area contributed by atoms with Crippen LogP contribution < -0.4 is 10.2 Å². The van der Waals surface area contributed by atoms with Crippen molar-refractivity contribution in [2.24, 2.45) is 0 Å². The van der Waals surface area contributed by atoms with Gasteiger partial charge in [0.15, 0.2) is 6.10 Å². The minimum atomic E-state index is -1.56. The molecule has 1 aliphatic rings. The van der Waals surface area contributed by atoms with Crippen molar-refractivity contribution in [3.8, 4) is 11.1 Å². The molecule has 0 spiro atoms. The molecule has 0 bridgehead atoms. The molecule has 10 nitrogen and oxygen atoms in total. The largest absolute Gasteiger partial charge is 0.393 e. The quantitative estimate of drug-likeness (QED) is 0.354. The summed E-state index contributed by atoms with van der Waals surface area (Å²) in [4.78, 5) is 44.1. The topological polar surface area (TPSA) is 132 Å². The maximum atomic E-state index is 13.1. The van der Waals surface area contributed by atoms with Gasteiger partial charge in [0.1, 0.15) is 16.3 Å². The fourth-order valence-electron chi connectivity index (χ4n) is 4.21. The van der Waals surface area contributed by atoms with Crippen LogP contribution in [-0.2, 0) is 4.79 Å². The standard InChI is InChI=1S/C26H26N6O4S/c1-16-13-19-22(28-26(30-24(19)37-16)29-23(35)21(34)15-33)31-9-11-32(12-10-31)25(36)20-8-7-18(14-27-20)17-5-3-2-4-6-17/h2-8,13-14,21,33-34H,9-12,15H2,1H3,(H,28,29,30,35)/t21-/m1/s1. The normalized spacial score (nSPS) is 14.6. The number of anilines is 2. The molecule has 4 heterocycles. The molecule has 1 aromatic carbocycles. The van der Waals surface area contributed by atoms with E-state index in [0.29, 0.717) is 42.5 Å². The summed E-state index contributed by atoms with van der Waals surface area (Å²) in [6, 6.07) is 15.6. The third-order valence-electron chi connectivity index (χ3n) is 6.16. The predicted octanol–water partition coefficient (Wildman–Crippen LogP) is 2.32. The number of aromatic nitrogens is 3. The number of carbonyl (C=O) groups is 2. The van der Waals surface area contributed by atoms with Crippen LogP contribution >= 0.6 is 11.3 Å². The monoisotopic (exact) mass is 518 g/mol. The van der Waals surface area contributed by atoms with Crippen LogP contribution in [0, 0.1) is 6.92 Å². The third kappa shape index (κ3) is 5.29. The second kappa shape index (κ2) is 10.6. The molecule has 1 saturated heterocycles. The molecular formula is C26H26N6O4S. The number of nitrogens with zero attached hydrogens (tertiary/aromatic N) is 5. The highest BCUT2D eigenvalue weighted by molar-refractivity contribution is 7.18. The molecular weight excluding hydrogens is 492 g/mol. The molecule has 0 radical (unpaired) electrons. The number of fused-ring (bicyclic) bond motifs is 1. The van der Waals surface area contributed by atoms with Crippen LogP contribution in [0.3, 0.4) is 0 Å². The van der Waals surface area contributed by atoms with Gasteiger partial charge in [-0.3, -0.25) is 19.9 Å². The summed E-state index contributed by atoms with van der Waals surface area (Å²) in [5.41, 5.74) is 2.40. The van der Waals surface area contributed by atoms with Crippen molar-refractivity contribution >= 4 is 45.1 Å². The number of amides is 2. The van der Waals surface area contributed by atoms with E-state index in [1.54, 1.807) is 17.2 Å². The zero-order valence-electron chi connectivity index (χ0n) is 20.2. The van der Waals surface area contributed by atoms with Crippen molar-refractivity contribution in [3.05, 3.63) is 65.3 Å². The average Bonchev–Trinajstić information content (AvgIpc) is 3.32. The number of benzene rings is 1. The number of hydrogen-bond donors (Lipinski definition) is 3. The molecule has 0 saturated carbocycles. The Balaban J connectivity index is 1.30. The number of aliphatic hydroxyl groups is 2. The molecule has 4 aromatic rings. The van der Waals surface area contributed by atoms with E-state index >= 15 is 0 Å². The van der Waals surface area contributed by atoms with Gasteiger partial charge < -0.3 is 20.0 Å². The highest BCUT2D eigenvalue weighted by atomic mass is 32.1. The summed E-state index contributed by atoms with van der Waals surface area (Å²) in [5.74, 6) is -0.185. The molecule has 1 atom stereocenters. The maximum Gasteiger partial charge on any atom is 0.272 e. The number of thiophene rings is 1. The van der Waals surface area contributed by atoms with Gasteiger partial charge in [-0.15, -0.1) is 11.3 Å². The Morgan fingerprint density at radius 2 is 1.81 bits per heavy atom. The van der Waals surface area contributed by atoms with Crippen molar-refractivity contribution in [1.29, 1.82) is 0 Å². The van der Waals surface area contributed by atoms with Gasteiger partial charge in [-0.1, -0.05) is 36.4 Å². The summed E-state index contributed by atoms with van der Waals surface area (Å²) in [5, 5.41) is 22.0. The second-order valence-electron chi connectivity index (χ2n) is 8.71. The number of nitrogens with one attached hydrogen (secondary N) is 1. The lowest BCUT2D eigenvalue weighted by Gasteiger charge is -2.35. The molecule has 37 heavy (non-hydrogen) atoms. The molecule has 0 aliphatic carbocycles. The number of hydrogen-bond acceptors (Lipinski definition) is 9. The van der Waals surface area contributed by atoms with Crippen LogP contribution in [0.5, 0.6) is 0 Å². The minimum Gasteiger partial charge on any atom is -0.393 e. The molecule has 3 aromatic heterocycles. The van der Waals surface area contributed by atoms with Gasteiger partial charge >= 0.3 is 0 Å². The van der Waals surface area contributed by atoms with Crippen molar-refractivity contribution in [1.82, 2.24) is 19.9 Å². The molecule has 2 amide bonds. The fourth-order valence-corrected chi connectivity index (χ4v) is 5.08. The Morgan fingerprint density at radius 1 is 1.05 bits per heavy atom. The summed E-state index contributed by atoms with van der Waals surface area (Å²) < 4.78 is 0. The molecule has 3 N–H and O–H groups in total. The predicted molar refractivity (Wildman–Crippen MR) is 142 cm³/mol. The van der Waals surface area contributed by atoms with Gasteiger partial charge in [-0.2, -0.15) is 4.98 Å². The maximum absolute atomic E-state index is 13.1. The van der Waals surface area contributed by atoms with Crippen LogP contribution in [0.2, 0.25) is 0 Å². The van der Waals surface area contributed by atoms with Crippen LogP contribution in [-0.4, -0.2) is 80.8 Å². The number of carbonyl (C=O) groups excluding carboxylic acids is 2. The van der Waals surface area contributed by atoms with E-state index in [4.69, 9.17) is 5.11 Å². The first-order chi connectivity index (χ1) is 17.9. The number of piperazine rings is 1. The van der Waals surface area contributed by atoms with E-state index in [9.17, 15) is 14.7 Å². The van der Waals surface area contributed by atoms with E-state index in [1.165, 1.54) is 11.3 Å². The van der Waals surface area contributed by atoms with Gasteiger partial charge in [0.2, 0.25) is 5.95 Å². The number of aliphatic hydroxyl groups excluding tert-OH is 2. The highest BCUT2D eigenvalue weighted by Gasteiger charge is 2.26. The van der Waals surface area contributed by atoms with Gasteiger partial charge in [0.25, 0.3) is 11.8 Å². The summed E-state index contributed by atoms with van der Waals surface area (Å²) in [7, 11) is 0. The lowest BCUT2D eigenvalue weighted by molar-refractivity contribution is -0.125. The number of pyridine rings is 1. The Hall–Kier alpha value is -3.93. The Kier molecular flexibility index (Phi) is 7.08. The Morgan fingerprint density at radius 3 is 2.49 bits per heavy atom. The molecule has 1 aliphatic heterocycles. The zero-order valence-corrected chi connectivity index (χ0v) is 21.0. The van der Waals surface area contributed by atoms with Crippen LogP contribution in [0.15, 0.2) is 54.7 Å². The third-order valence-corrected chi connectivity index (χ3v) is 7.11. The first kappa shape index (κ1) is 24.8. The smallest absolute Gasteiger partial charge is 0.272 e. The van der Waals surface area contributed by atoms with E-state index in [0.717, 1.165) is 21.4 Å². The van der Waals surface area contributed by atoms with Gasteiger partial charge in [0, 0.05) is 42.8 Å². The summed E-state index contributed by atoms with van der Waals surface area (Å²) >= 11 is 1.47. The van der Waals surface area contributed by atoms with Crippen molar-refractivity contribution < 1.29 is 19.8 Å². The van der Waals surface area contributed by atoms with Gasteiger partial charge in [0.05, 0.1) is 12.0 Å². The van der Waals surface area contributed by atoms with E-state index in [2.05, 4.69) is 25.2 Å². The van der Waals surface area contributed by atoms with E-state index in [1.807, 2.05) is 49.4 Å². The lowest BCUT2D eigenvalue weighted by atomic mass is 10.1. The van der Waals surface area contributed by atoms with Crippen LogP contribution in [0.25, 0.3) is 21.3 Å². The SMILES string of the molecule is Cc1cc2c(N3CCN(C(=O)c4ccc(-c5ccccc5)cn4)CC3)nc(NC(=O)[C@H](O)CO)nc2s1. The first-order valence-electron chi connectivity index (χ1n) is 11.9. The van der Waals surface area contributed by atoms with Crippen molar-refractivity contribution in [2.75, 3.05) is 43.0 Å². The van der Waals surface area contributed by atoms with Crippen molar-refractivity contribution in [3.63, 3.8) is 0 Å². The zero-order chi connectivity index (χ0) is 25.9. The van der Waals surface area contributed by atoms with Gasteiger partial charge in [-0.25, -0.2) is 4.98 Å². The number of aryl methyl sites for hydroxylation is 1. The summed E-state index contributed by atoms with van der Waals surface area (Å²) in [6.07, 6.45) is 0.163. The summed E-state index contributed by atoms with van der Waals surface area (Å²) in [6.45, 7) is 3.33.